The number of aromatic hydroxyl groups is 1. The zero-order valence-electron chi connectivity index (χ0n) is 10.8. The predicted molar refractivity (Wildman–Crippen MR) is 68.4 cm³/mol. The summed E-state index contributed by atoms with van der Waals surface area (Å²) in [5.41, 5.74) is 0.653. The molecule has 1 aromatic rings. The Bertz CT molecular complexity index is 449. The SMILES string of the molecule is CN(C(=O)C1CCC(F)(F)CC1)c1ccc(O)cc1. The molecule has 1 saturated carbocycles. The Hall–Kier alpha value is -1.65. The van der Waals surface area contributed by atoms with Crippen LogP contribution < -0.4 is 4.90 Å². The van der Waals surface area contributed by atoms with Crippen LogP contribution in [0.2, 0.25) is 0 Å². The molecule has 1 aromatic carbocycles. The minimum atomic E-state index is -2.62. The smallest absolute Gasteiger partial charge is 0.248 e. The van der Waals surface area contributed by atoms with Crippen LogP contribution in [0.15, 0.2) is 24.3 Å². The highest BCUT2D eigenvalue weighted by molar-refractivity contribution is 5.94. The number of phenols is 1. The molecular formula is C14H17F2NO2. The van der Waals surface area contributed by atoms with Gasteiger partial charge >= 0.3 is 0 Å². The maximum atomic E-state index is 13.1. The van der Waals surface area contributed by atoms with Crippen LogP contribution in [-0.4, -0.2) is 24.0 Å². The molecule has 0 bridgehead atoms. The molecule has 3 nitrogen and oxygen atoms in total. The maximum absolute atomic E-state index is 13.1. The molecule has 1 amide bonds. The van der Waals surface area contributed by atoms with Crippen LogP contribution in [0.3, 0.4) is 0 Å². The number of rotatable bonds is 2. The first-order valence-corrected chi connectivity index (χ1v) is 6.33. The van der Waals surface area contributed by atoms with E-state index in [2.05, 4.69) is 0 Å². The minimum Gasteiger partial charge on any atom is -0.508 e. The summed E-state index contributed by atoms with van der Waals surface area (Å²) in [5.74, 6) is -2.96. The van der Waals surface area contributed by atoms with Crippen LogP contribution in [0, 0.1) is 5.92 Å². The van der Waals surface area contributed by atoms with Crippen LogP contribution in [0.25, 0.3) is 0 Å². The van der Waals surface area contributed by atoms with Gasteiger partial charge in [-0.25, -0.2) is 8.78 Å². The molecule has 0 unspecified atom stereocenters. The van der Waals surface area contributed by atoms with E-state index in [4.69, 9.17) is 0 Å². The summed E-state index contributed by atoms with van der Waals surface area (Å²) < 4.78 is 26.1. The quantitative estimate of drug-likeness (QED) is 0.895. The van der Waals surface area contributed by atoms with Gasteiger partial charge in [-0.3, -0.25) is 4.79 Å². The normalized spacial score (nSPS) is 19.1. The van der Waals surface area contributed by atoms with Crippen molar-refractivity contribution < 1.29 is 18.7 Å². The van der Waals surface area contributed by atoms with Gasteiger partial charge in [0.1, 0.15) is 5.75 Å². The Kier molecular flexibility index (Phi) is 3.73. The fourth-order valence-electron chi connectivity index (χ4n) is 2.36. The second kappa shape index (κ2) is 5.15. The number of benzene rings is 1. The van der Waals surface area contributed by atoms with E-state index in [-0.39, 0.29) is 43.3 Å². The van der Waals surface area contributed by atoms with Gasteiger partial charge in [-0.1, -0.05) is 0 Å². The fourth-order valence-corrected chi connectivity index (χ4v) is 2.36. The van der Waals surface area contributed by atoms with Crippen molar-refractivity contribution in [2.45, 2.75) is 31.6 Å². The molecule has 0 atom stereocenters. The van der Waals surface area contributed by atoms with E-state index in [1.807, 2.05) is 0 Å². The summed E-state index contributed by atoms with van der Waals surface area (Å²) in [6, 6.07) is 6.25. The van der Waals surface area contributed by atoms with Gasteiger partial charge < -0.3 is 10.0 Å². The van der Waals surface area contributed by atoms with Crippen molar-refractivity contribution in [1.29, 1.82) is 0 Å². The van der Waals surface area contributed by atoms with Gasteiger partial charge in [0.2, 0.25) is 11.8 Å². The minimum absolute atomic E-state index is 0.127. The molecule has 0 spiro atoms. The maximum Gasteiger partial charge on any atom is 0.248 e. The van der Waals surface area contributed by atoms with E-state index in [0.717, 1.165) is 0 Å². The van der Waals surface area contributed by atoms with E-state index in [1.54, 1.807) is 19.2 Å². The van der Waals surface area contributed by atoms with Crippen LogP contribution in [0.5, 0.6) is 5.75 Å². The van der Waals surface area contributed by atoms with Gasteiger partial charge in [0, 0.05) is 31.5 Å². The summed E-state index contributed by atoms with van der Waals surface area (Å²) >= 11 is 0. The van der Waals surface area contributed by atoms with Crippen LogP contribution in [0.4, 0.5) is 14.5 Å². The average Bonchev–Trinajstić information content (AvgIpc) is 2.38. The zero-order chi connectivity index (χ0) is 14.0. The van der Waals surface area contributed by atoms with Crippen molar-refractivity contribution in [3.63, 3.8) is 0 Å². The third kappa shape index (κ3) is 3.22. The van der Waals surface area contributed by atoms with Crippen molar-refractivity contribution in [2.24, 2.45) is 5.92 Å². The Morgan fingerprint density at radius 2 is 1.79 bits per heavy atom. The highest BCUT2D eigenvalue weighted by Crippen LogP contribution is 2.37. The molecule has 1 aliphatic rings. The van der Waals surface area contributed by atoms with Crippen molar-refractivity contribution in [2.75, 3.05) is 11.9 Å². The summed E-state index contributed by atoms with van der Waals surface area (Å²) in [6.45, 7) is 0. The summed E-state index contributed by atoms with van der Waals surface area (Å²) in [6.07, 6.45) is 0.0299. The molecule has 0 saturated heterocycles. The molecule has 0 radical (unpaired) electrons. The molecule has 0 aromatic heterocycles. The van der Waals surface area contributed by atoms with Gasteiger partial charge in [-0.05, 0) is 37.1 Å². The number of nitrogens with zero attached hydrogens (tertiary/aromatic N) is 1. The first-order chi connectivity index (χ1) is 8.89. The zero-order valence-corrected chi connectivity index (χ0v) is 10.8. The number of amides is 1. The van der Waals surface area contributed by atoms with Crippen LogP contribution >= 0.6 is 0 Å². The van der Waals surface area contributed by atoms with Gasteiger partial charge in [-0.15, -0.1) is 0 Å². The highest BCUT2D eigenvalue weighted by Gasteiger charge is 2.38. The molecule has 1 aliphatic carbocycles. The van der Waals surface area contributed by atoms with E-state index in [1.165, 1.54) is 17.0 Å². The van der Waals surface area contributed by atoms with Crippen molar-refractivity contribution in [3.8, 4) is 5.75 Å². The monoisotopic (exact) mass is 269 g/mol. The number of hydrogen-bond acceptors (Lipinski definition) is 2. The Labute approximate surface area is 110 Å². The van der Waals surface area contributed by atoms with Crippen molar-refractivity contribution in [1.82, 2.24) is 0 Å². The fraction of sp³-hybridized carbons (Fsp3) is 0.500. The number of anilines is 1. The average molecular weight is 269 g/mol. The van der Waals surface area contributed by atoms with Crippen molar-refractivity contribution in [3.05, 3.63) is 24.3 Å². The van der Waals surface area contributed by atoms with Gasteiger partial charge in [-0.2, -0.15) is 0 Å². The lowest BCUT2D eigenvalue weighted by molar-refractivity contribution is -0.126. The molecule has 1 N–H and O–H groups in total. The summed E-state index contributed by atoms with van der Waals surface area (Å²) in [7, 11) is 1.63. The highest BCUT2D eigenvalue weighted by atomic mass is 19.3. The third-order valence-electron chi connectivity index (χ3n) is 3.63. The van der Waals surface area contributed by atoms with E-state index in [0.29, 0.717) is 5.69 Å². The molecule has 0 heterocycles. The Morgan fingerprint density at radius 3 is 2.32 bits per heavy atom. The lowest BCUT2D eigenvalue weighted by Gasteiger charge is -2.30. The third-order valence-corrected chi connectivity index (χ3v) is 3.63. The second-order valence-electron chi connectivity index (χ2n) is 5.04. The Balaban J connectivity index is 2.02. The van der Waals surface area contributed by atoms with Gasteiger partial charge in [0.25, 0.3) is 0 Å². The molecule has 5 heteroatoms. The van der Waals surface area contributed by atoms with Crippen LogP contribution in [-0.2, 0) is 4.79 Å². The lowest BCUT2D eigenvalue weighted by Crippen LogP contribution is -2.37. The summed E-state index contributed by atoms with van der Waals surface area (Å²) in [5, 5.41) is 9.20. The lowest BCUT2D eigenvalue weighted by atomic mass is 9.86. The molecule has 19 heavy (non-hydrogen) atoms. The Morgan fingerprint density at radius 1 is 1.26 bits per heavy atom. The largest absolute Gasteiger partial charge is 0.508 e. The van der Waals surface area contributed by atoms with E-state index < -0.39 is 5.92 Å². The topological polar surface area (TPSA) is 40.5 Å². The first-order valence-electron chi connectivity index (χ1n) is 6.33. The van der Waals surface area contributed by atoms with Gasteiger partial charge in [0.05, 0.1) is 0 Å². The summed E-state index contributed by atoms with van der Waals surface area (Å²) in [4.78, 5) is 13.7. The first kappa shape index (κ1) is 13.8. The number of phenolic OH excluding ortho intramolecular Hbond substituents is 1. The number of carbonyl (C=O) groups excluding carboxylic acids is 1. The predicted octanol–water partition coefficient (Wildman–Crippen LogP) is 3.18. The van der Waals surface area contributed by atoms with Gasteiger partial charge in [0.15, 0.2) is 0 Å². The molecule has 0 aliphatic heterocycles. The second-order valence-corrected chi connectivity index (χ2v) is 5.04. The molecule has 2 rings (SSSR count). The van der Waals surface area contributed by atoms with E-state index >= 15 is 0 Å². The molecule has 1 fully saturated rings. The van der Waals surface area contributed by atoms with Crippen molar-refractivity contribution >= 4 is 11.6 Å². The number of halogens is 2. The number of alkyl halides is 2. The molecular weight excluding hydrogens is 252 g/mol. The van der Waals surface area contributed by atoms with Crippen LogP contribution in [0.1, 0.15) is 25.7 Å². The van der Waals surface area contributed by atoms with E-state index in [9.17, 15) is 18.7 Å². The standard InChI is InChI=1S/C14H17F2NO2/c1-17(11-2-4-12(18)5-3-11)13(19)10-6-8-14(15,16)9-7-10/h2-5,10,18H,6-9H2,1H3. The number of hydrogen-bond donors (Lipinski definition) is 1. The number of carbonyl (C=O) groups is 1. The molecule has 104 valence electrons.